The highest BCUT2D eigenvalue weighted by Gasteiger charge is 2.35. The van der Waals surface area contributed by atoms with Gasteiger partial charge in [0, 0.05) is 20.3 Å². The fraction of sp³-hybridized carbons (Fsp3) is 0.167. The van der Waals surface area contributed by atoms with Gasteiger partial charge in [-0.1, -0.05) is 18.0 Å². The predicted molar refractivity (Wildman–Crippen MR) is 109 cm³/mol. The lowest BCUT2D eigenvalue weighted by molar-refractivity contribution is -0.387. The molecule has 2 aromatic rings. The molecule has 2 aromatic carbocycles. The lowest BCUT2D eigenvalue weighted by Gasteiger charge is -2.24. The third-order valence-electron chi connectivity index (χ3n) is 4.29. The van der Waals surface area contributed by atoms with Crippen molar-refractivity contribution in [2.75, 3.05) is 10.6 Å². The number of carbonyl (C=O) groups excluding carboxylic acids is 2. The number of hydrogen-bond donors (Lipinski definition) is 2. The monoisotopic (exact) mass is 416 g/mol. The minimum absolute atomic E-state index is 0.00604. The molecule has 0 aliphatic carbocycles. The van der Waals surface area contributed by atoms with Gasteiger partial charge in [-0.3, -0.25) is 29.8 Å². The number of rotatable bonds is 4. The fourth-order valence-corrected chi connectivity index (χ4v) is 5.26. The minimum Gasteiger partial charge on any atom is -0.321 e. The second-order valence-electron chi connectivity index (χ2n) is 6.34. The number of nitrogens with one attached hydrogen (secondary N) is 2. The van der Waals surface area contributed by atoms with Crippen molar-refractivity contribution in [2.45, 2.75) is 30.1 Å². The van der Waals surface area contributed by atoms with Crippen molar-refractivity contribution in [1.82, 2.24) is 0 Å². The van der Waals surface area contributed by atoms with Crippen molar-refractivity contribution >= 4 is 50.9 Å². The van der Waals surface area contributed by atoms with Crippen molar-refractivity contribution < 1.29 is 19.4 Å². The molecule has 29 heavy (non-hydrogen) atoms. The van der Waals surface area contributed by atoms with E-state index in [2.05, 4.69) is 16.5 Å². The van der Waals surface area contributed by atoms with Crippen LogP contribution in [0.15, 0.2) is 34.1 Å². The van der Waals surface area contributed by atoms with Crippen molar-refractivity contribution in [1.29, 1.82) is 0 Å². The first-order valence-corrected chi connectivity index (χ1v) is 9.71. The maximum absolute atomic E-state index is 11.8. The molecule has 0 aromatic heterocycles. The van der Waals surface area contributed by atoms with Gasteiger partial charge in [-0.25, -0.2) is 0 Å². The Hall–Kier alpha value is -3.60. The number of nitrogens with zero attached hydrogens (tertiary/aromatic N) is 2. The van der Waals surface area contributed by atoms with E-state index in [0.717, 1.165) is 0 Å². The topological polar surface area (TPSA) is 144 Å². The Bertz CT molecular complexity index is 1040. The summed E-state index contributed by atoms with van der Waals surface area (Å²) in [7, 11) is -1.29. The summed E-state index contributed by atoms with van der Waals surface area (Å²) in [5.74, 6) is 3.04. The Morgan fingerprint density at radius 2 is 1.28 bits per heavy atom. The normalized spacial score (nSPS) is 12.5. The first-order chi connectivity index (χ1) is 13.6. The Morgan fingerprint density at radius 3 is 1.59 bits per heavy atom. The number of benzene rings is 2. The number of carbonyl (C=O) groups is 2. The highest BCUT2D eigenvalue weighted by molar-refractivity contribution is 8.14. The van der Waals surface area contributed by atoms with Gasteiger partial charge in [-0.2, -0.15) is 0 Å². The second-order valence-corrected chi connectivity index (χ2v) is 7.94. The minimum atomic E-state index is -1.29. The van der Waals surface area contributed by atoms with Gasteiger partial charge in [-0.15, -0.1) is 10.5 Å². The summed E-state index contributed by atoms with van der Waals surface area (Å²) >= 11 is 0. The van der Waals surface area contributed by atoms with Crippen LogP contribution in [0.25, 0.3) is 0 Å². The number of fused-ring (bicyclic) bond motifs is 2. The Balaban J connectivity index is 2.29. The van der Waals surface area contributed by atoms with E-state index in [4.69, 9.17) is 0 Å². The summed E-state index contributed by atoms with van der Waals surface area (Å²) in [5.41, 5.74) is 0.566. The molecule has 150 valence electrons. The maximum atomic E-state index is 11.8. The van der Waals surface area contributed by atoms with E-state index in [-0.39, 0.29) is 39.0 Å². The first kappa shape index (κ1) is 20.1. The zero-order valence-electron chi connectivity index (χ0n) is 15.5. The van der Waals surface area contributed by atoms with E-state index in [1.54, 1.807) is 12.1 Å². The molecule has 0 unspecified atom stereocenters. The molecule has 0 saturated carbocycles. The molecule has 0 spiro atoms. The van der Waals surface area contributed by atoms with Crippen LogP contribution in [0.1, 0.15) is 25.0 Å². The molecule has 3 rings (SSSR count). The predicted octanol–water partition coefficient (Wildman–Crippen LogP) is 3.44. The van der Waals surface area contributed by atoms with Gasteiger partial charge in [0.25, 0.3) is 0 Å². The Labute approximate surface area is 167 Å². The van der Waals surface area contributed by atoms with Crippen molar-refractivity contribution in [3.05, 3.63) is 55.6 Å². The summed E-state index contributed by atoms with van der Waals surface area (Å²) in [6.45, 7) is 2.46. The van der Waals surface area contributed by atoms with E-state index in [9.17, 15) is 29.8 Å². The lowest BCUT2D eigenvalue weighted by Crippen LogP contribution is -2.13. The summed E-state index contributed by atoms with van der Waals surface area (Å²) < 4.78 is 0. The van der Waals surface area contributed by atoms with E-state index in [1.165, 1.54) is 26.0 Å². The van der Waals surface area contributed by atoms with Crippen LogP contribution in [0, 0.1) is 20.2 Å². The van der Waals surface area contributed by atoms with Crippen LogP contribution < -0.4 is 10.6 Å². The molecule has 10 nitrogen and oxygen atoms in total. The van der Waals surface area contributed by atoms with Crippen LogP contribution in [0.3, 0.4) is 0 Å². The molecule has 2 amide bonds. The third kappa shape index (κ3) is 3.59. The molecule has 11 heteroatoms. The summed E-state index contributed by atoms with van der Waals surface area (Å²) in [4.78, 5) is 45.7. The van der Waals surface area contributed by atoms with Gasteiger partial charge in [-0.05, 0) is 23.3 Å². The van der Waals surface area contributed by atoms with Gasteiger partial charge in [0.15, 0.2) is 0 Å². The zero-order chi connectivity index (χ0) is 21.5. The van der Waals surface area contributed by atoms with Crippen LogP contribution in [-0.2, 0) is 16.0 Å². The summed E-state index contributed by atoms with van der Waals surface area (Å²) in [6, 6.07) is 6.19. The third-order valence-corrected chi connectivity index (χ3v) is 6.18. The average Bonchev–Trinajstić information content (AvgIpc) is 2.60. The van der Waals surface area contributed by atoms with E-state index in [1.807, 2.05) is 0 Å². The first-order valence-electron chi connectivity index (χ1n) is 8.31. The molecule has 1 heterocycles. The maximum Gasteiger partial charge on any atom is 0.306 e. The Kier molecular flexibility index (Phi) is 5.16. The van der Waals surface area contributed by atoms with E-state index < -0.39 is 32.1 Å². The summed E-state index contributed by atoms with van der Waals surface area (Å²) in [6.07, 6.45) is 0.228. The van der Waals surface area contributed by atoms with Gasteiger partial charge < -0.3 is 10.6 Å². The highest BCUT2D eigenvalue weighted by atomic mass is 32.2. The van der Waals surface area contributed by atoms with Crippen LogP contribution in [0.4, 0.5) is 22.7 Å². The quantitative estimate of drug-likeness (QED) is 0.379. The molecule has 0 fully saturated rings. The molecule has 1 aliphatic heterocycles. The molecule has 0 bridgehead atoms. The fourth-order valence-electron chi connectivity index (χ4n) is 3.30. The largest absolute Gasteiger partial charge is 0.321 e. The van der Waals surface area contributed by atoms with Crippen LogP contribution in [0.5, 0.6) is 0 Å². The van der Waals surface area contributed by atoms with Crippen LogP contribution in [-0.4, -0.2) is 27.5 Å². The van der Waals surface area contributed by atoms with Crippen molar-refractivity contribution in [2.24, 2.45) is 0 Å². The summed E-state index contributed by atoms with van der Waals surface area (Å²) in [5, 5.41) is 28.5. The number of hydrogen-bond acceptors (Lipinski definition) is 6. The number of nitro groups is 2. The standard InChI is InChI=1S/C18H16N4O6S/c1-9(23)19-13-6-4-11-8-12-5-7-14(20-10(2)24)16(22(27)28)18(12)29(3)17(11)15(13)21(25)26/h4-7H,3,8H2,1-2H3,(H,19,23)(H,20,24). The molecule has 1 aliphatic rings. The number of amides is 2. The SMILES string of the molecule is C=S1c2c(ccc(NC(C)=O)c2[N+](=O)[O-])Cc2ccc(NC(C)=O)c([N+](=O)[O-])c21. The van der Waals surface area contributed by atoms with Crippen molar-refractivity contribution in [3.63, 3.8) is 0 Å². The van der Waals surface area contributed by atoms with Gasteiger partial charge in [0.1, 0.15) is 11.4 Å². The Morgan fingerprint density at radius 1 is 0.897 bits per heavy atom. The van der Waals surface area contributed by atoms with Gasteiger partial charge in [0.2, 0.25) is 11.8 Å². The molecule has 0 saturated heterocycles. The smallest absolute Gasteiger partial charge is 0.306 e. The second kappa shape index (κ2) is 7.43. The van der Waals surface area contributed by atoms with Crippen LogP contribution >= 0.6 is 10.5 Å². The average molecular weight is 416 g/mol. The molecular weight excluding hydrogens is 400 g/mol. The number of anilines is 2. The molecule has 0 radical (unpaired) electrons. The lowest BCUT2D eigenvalue weighted by atomic mass is 10.0. The molecule has 2 N–H and O–H groups in total. The van der Waals surface area contributed by atoms with Crippen LogP contribution in [0.2, 0.25) is 0 Å². The number of nitro benzene ring substituents is 2. The highest BCUT2D eigenvalue weighted by Crippen LogP contribution is 2.54. The molecular formula is C18H16N4O6S. The zero-order valence-corrected chi connectivity index (χ0v) is 16.3. The van der Waals surface area contributed by atoms with Crippen molar-refractivity contribution in [3.8, 4) is 0 Å². The van der Waals surface area contributed by atoms with Gasteiger partial charge in [0.05, 0.1) is 19.6 Å². The molecule has 0 atom stereocenters. The van der Waals surface area contributed by atoms with Gasteiger partial charge >= 0.3 is 11.4 Å². The van der Waals surface area contributed by atoms with E-state index >= 15 is 0 Å². The van der Waals surface area contributed by atoms with E-state index in [0.29, 0.717) is 11.1 Å².